The van der Waals surface area contributed by atoms with Gasteiger partial charge < -0.3 is 0 Å². The number of likely N-dealkylation sites (tertiary alicyclic amines) is 1. The number of aromatic nitrogens is 5. The third kappa shape index (κ3) is 2.66. The summed E-state index contributed by atoms with van der Waals surface area (Å²) in [6.07, 6.45) is 7.71. The maximum Gasteiger partial charge on any atom is 0.150 e. The zero-order chi connectivity index (χ0) is 18.5. The first-order valence-electron chi connectivity index (χ1n) is 8.50. The number of nitriles is 1. The molecule has 0 aliphatic carbocycles. The summed E-state index contributed by atoms with van der Waals surface area (Å²) in [5.41, 5.74) is 1.36. The van der Waals surface area contributed by atoms with Gasteiger partial charge in [0, 0.05) is 43.3 Å². The van der Waals surface area contributed by atoms with Crippen LogP contribution in [0.1, 0.15) is 27.2 Å². The van der Waals surface area contributed by atoms with Crippen LogP contribution in [0.2, 0.25) is 5.15 Å². The molecule has 0 atom stereocenters. The lowest BCUT2D eigenvalue weighted by atomic mass is 9.83. The zero-order valence-electron chi connectivity index (χ0n) is 15.0. The second kappa shape index (κ2) is 5.79. The summed E-state index contributed by atoms with van der Waals surface area (Å²) in [7, 11) is 0. The number of imidazole rings is 1. The van der Waals surface area contributed by atoms with Crippen LogP contribution in [0, 0.1) is 11.3 Å². The fourth-order valence-corrected chi connectivity index (χ4v) is 3.60. The minimum atomic E-state index is -0.299. The number of rotatable bonds is 3. The number of hydrogen-bond donors (Lipinski definition) is 0. The van der Waals surface area contributed by atoms with Crippen molar-refractivity contribution in [3.63, 3.8) is 0 Å². The molecule has 0 amide bonds. The molecular weight excluding hydrogens is 350 g/mol. The Balaban J connectivity index is 1.71. The van der Waals surface area contributed by atoms with Gasteiger partial charge in [0.1, 0.15) is 16.3 Å². The first kappa shape index (κ1) is 17.0. The highest BCUT2D eigenvalue weighted by atomic mass is 35.5. The predicted octanol–water partition coefficient (Wildman–Crippen LogP) is 2.97. The van der Waals surface area contributed by atoms with Gasteiger partial charge in [0.15, 0.2) is 5.82 Å². The van der Waals surface area contributed by atoms with Crippen LogP contribution >= 0.6 is 11.6 Å². The van der Waals surface area contributed by atoms with E-state index in [0.29, 0.717) is 17.4 Å². The molecule has 134 valence electrons. The number of nitrogens with zero attached hydrogens (tertiary/aromatic N) is 7. The fourth-order valence-electron chi connectivity index (χ4n) is 3.42. The molecule has 0 spiro atoms. The molecule has 4 heterocycles. The van der Waals surface area contributed by atoms with Gasteiger partial charge in [0.05, 0.1) is 24.3 Å². The van der Waals surface area contributed by atoms with Crippen LogP contribution in [0.4, 0.5) is 0 Å². The molecule has 4 rings (SSSR count). The van der Waals surface area contributed by atoms with Crippen molar-refractivity contribution in [3.05, 3.63) is 36.0 Å². The fraction of sp³-hybridized carbons (Fsp3) is 0.444. The summed E-state index contributed by atoms with van der Waals surface area (Å²) in [6.45, 7) is 8.15. The van der Waals surface area contributed by atoms with Crippen molar-refractivity contribution in [2.45, 2.75) is 38.3 Å². The summed E-state index contributed by atoms with van der Waals surface area (Å²) in [5, 5.41) is 14.3. The van der Waals surface area contributed by atoms with E-state index >= 15 is 0 Å². The highest BCUT2D eigenvalue weighted by Gasteiger charge is 2.48. The number of hydrogen-bond acceptors (Lipinski definition) is 5. The molecule has 3 aromatic heterocycles. The van der Waals surface area contributed by atoms with Crippen molar-refractivity contribution >= 4 is 17.2 Å². The van der Waals surface area contributed by atoms with E-state index in [0.717, 1.165) is 24.3 Å². The maximum atomic E-state index is 9.34. The number of halogens is 1. The van der Waals surface area contributed by atoms with Crippen LogP contribution in [0.25, 0.3) is 17.0 Å². The molecule has 3 aromatic rings. The van der Waals surface area contributed by atoms with Crippen molar-refractivity contribution in [1.82, 2.24) is 29.0 Å². The summed E-state index contributed by atoms with van der Waals surface area (Å²) >= 11 is 6.14. The van der Waals surface area contributed by atoms with Gasteiger partial charge >= 0.3 is 0 Å². The topological polar surface area (TPSA) is 75.0 Å². The second-order valence-electron chi connectivity index (χ2n) is 7.82. The van der Waals surface area contributed by atoms with Crippen molar-refractivity contribution in [2.24, 2.45) is 0 Å². The normalized spacial score (nSPS) is 17.2. The molecule has 26 heavy (non-hydrogen) atoms. The average Bonchev–Trinajstić information content (AvgIpc) is 3.17. The highest BCUT2D eigenvalue weighted by molar-refractivity contribution is 6.29. The molecule has 7 nitrogen and oxygen atoms in total. The van der Waals surface area contributed by atoms with E-state index in [-0.39, 0.29) is 11.1 Å². The Kier molecular flexibility index (Phi) is 3.79. The van der Waals surface area contributed by atoms with Crippen molar-refractivity contribution in [3.8, 4) is 17.5 Å². The van der Waals surface area contributed by atoms with Crippen LogP contribution in [0.5, 0.6) is 0 Å². The molecule has 0 N–H and O–H groups in total. The van der Waals surface area contributed by atoms with Crippen LogP contribution in [-0.2, 0) is 5.54 Å². The van der Waals surface area contributed by atoms with Crippen molar-refractivity contribution < 1.29 is 0 Å². The first-order valence-corrected chi connectivity index (χ1v) is 8.87. The molecule has 0 radical (unpaired) electrons. The Morgan fingerprint density at radius 2 is 2.12 bits per heavy atom. The minimum Gasteiger partial charge on any atom is -0.293 e. The predicted molar refractivity (Wildman–Crippen MR) is 98.7 cm³/mol. The summed E-state index contributed by atoms with van der Waals surface area (Å²) in [4.78, 5) is 11.1. The van der Waals surface area contributed by atoms with Crippen LogP contribution in [0.3, 0.4) is 0 Å². The molecule has 8 heteroatoms. The molecule has 1 aliphatic heterocycles. The van der Waals surface area contributed by atoms with Crippen LogP contribution < -0.4 is 0 Å². The lowest BCUT2D eigenvalue weighted by Gasteiger charge is -2.54. The average molecular weight is 370 g/mol. The molecule has 0 saturated carbocycles. The van der Waals surface area contributed by atoms with E-state index in [1.165, 1.54) is 0 Å². The second-order valence-corrected chi connectivity index (χ2v) is 8.20. The maximum absolute atomic E-state index is 9.34. The summed E-state index contributed by atoms with van der Waals surface area (Å²) < 4.78 is 3.80. The quantitative estimate of drug-likeness (QED) is 0.663. The van der Waals surface area contributed by atoms with Crippen LogP contribution in [0.15, 0.2) is 30.9 Å². The monoisotopic (exact) mass is 369 g/mol. The van der Waals surface area contributed by atoms with E-state index in [9.17, 15) is 5.26 Å². The zero-order valence-corrected chi connectivity index (χ0v) is 15.8. The smallest absolute Gasteiger partial charge is 0.150 e. The molecule has 0 aromatic carbocycles. The highest BCUT2D eigenvalue weighted by Crippen LogP contribution is 2.37. The standard InChI is InChI=1S/C18H20ClN7/c1-17(2,3)24-11-18(12-24,4-5-20)26-10-13(9-22-26)16-23-14(19)8-15-21-6-7-25(15)16/h6-10H,4,11-12H2,1-3H3. The minimum absolute atomic E-state index is 0.0758. The van der Waals surface area contributed by atoms with Gasteiger partial charge in [-0.3, -0.25) is 14.0 Å². The third-order valence-electron chi connectivity index (χ3n) is 5.01. The van der Waals surface area contributed by atoms with E-state index in [2.05, 4.69) is 46.8 Å². The Hall–Kier alpha value is -2.43. The summed E-state index contributed by atoms with van der Waals surface area (Å²) in [6, 6.07) is 4.05. The van der Waals surface area contributed by atoms with Gasteiger partial charge in [-0.15, -0.1) is 0 Å². The molecule has 1 fully saturated rings. The van der Waals surface area contributed by atoms with Crippen molar-refractivity contribution in [2.75, 3.05) is 13.1 Å². The first-order chi connectivity index (χ1) is 12.3. The molecule has 0 bridgehead atoms. The largest absolute Gasteiger partial charge is 0.293 e. The van der Waals surface area contributed by atoms with Crippen molar-refractivity contribution in [1.29, 1.82) is 5.26 Å². The lowest BCUT2D eigenvalue weighted by molar-refractivity contribution is -0.0530. The van der Waals surface area contributed by atoms with Crippen LogP contribution in [-0.4, -0.2) is 47.7 Å². The number of fused-ring (bicyclic) bond motifs is 1. The summed E-state index contributed by atoms with van der Waals surface area (Å²) in [5.74, 6) is 0.690. The Bertz CT molecular complexity index is 999. The van der Waals surface area contributed by atoms with Gasteiger partial charge in [-0.2, -0.15) is 10.4 Å². The van der Waals surface area contributed by atoms with Gasteiger partial charge in [-0.1, -0.05) is 11.6 Å². The van der Waals surface area contributed by atoms with E-state index in [4.69, 9.17) is 11.6 Å². The van der Waals surface area contributed by atoms with E-state index in [1.807, 2.05) is 21.5 Å². The molecule has 1 saturated heterocycles. The molecule has 0 unspecified atom stereocenters. The SMILES string of the molecule is CC(C)(C)N1CC(CC#N)(n2cc(-c3nc(Cl)cc4nccn34)cn2)C1. The van der Waals surface area contributed by atoms with Gasteiger partial charge in [0.2, 0.25) is 0 Å². The lowest BCUT2D eigenvalue weighted by Crippen LogP contribution is -2.67. The Labute approximate surface area is 156 Å². The van der Waals surface area contributed by atoms with E-state index < -0.39 is 0 Å². The molecule has 1 aliphatic rings. The van der Waals surface area contributed by atoms with Gasteiger partial charge in [-0.25, -0.2) is 9.97 Å². The molecular formula is C18H20ClN7. The van der Waals surface area contributed by atoms with Gasteiger partial charge in [-0.05, 0) is 20.8 Å². The Morgan fingerprint density at radius 3 is 2.81 bits per heavy atom. The van der Waals surface area contributed by atoms with Gasteiger partial charge in [0.25, 0.3) is 0 Å². The Morgan fingerprint density at radius 1 is 1.35 bits per heavy atom. The van der Waals surface area contributed by atoms with E-state index in [1.54, 1.807) is 18.5 Å². The third-order valence-corrected chi connectivity index (χ3v) is 5.21.